The van der Waals surface area contributed by atoms with Crippen LogP contribution in [0.1, 0.15) is 42.5 Å². The highest BCUT2D eigenvalue weighted by Crippen LogP contribution is 2.25. The zero-order chi connectivity index (χ0) is 18.2. The van der Waals surface area contributed by atoms with E-state index in [1.165, 1.54) is 0 Å². The summed E-state index contributed by atoms with van der Waals surface area (Å²) in [5.74, 6) is 0.730. The van der Waals surface area contributed by atoms with Crippen molar-refractivity contribution in [3.8, 4) is 5.75 Å². The molecule has 0 aliphatic heterocycles. The Balaban J connectivity index is 1.78. The third-order valence-electron chi connectivity index (χ3n) is 4.49. The largest absolute Gasteiger partial charge is 0.485 e. The Morgan fingerprint density at radius 1 is 1.00 bits per heavy atom. The Morgan fingerprint density at radius 3 is 2.32 bits per heavy atom. The summed E-state index contributed by atoms with van der Waals surface area (Å²) in [5.41, 5.74) is 2.79. The van der Waals surface area contributed by atoms with Gasteiger partial charge in [-0.2, -0.15) is 0 Å². The van der Waals surface area contributed by atoms with E-state index in [2.05, 4.69) is 31.4 Å². The molecule has 0 saturated heterocycles. The Morgan fingerprint density at radius 2 is 1.68 bits per heavy atom. The summed E-state index contributed by atoms with van der Waals surface area (Å²) < 4.78 is 7.97. The molecule has 0 fully saturated rings. The lowest BCUT2D eigenvalue weighted by atomic mass is 10.1. The number of Topliss-reactive ketones (excluding diaryl/α,β-unsaturated/α-hetero) is 1. The highest BCUT2D eigenvalue weighted by atomic mass is 16.5. The van der Waals surface area contributed by atoms with Crippen molar-refractivity contribution < 1.29 is 9.53 Å². The highest BCUT2D eigenvalue weighted by molar-refractivity contribution is 5.98. The second-order valence-electron chi connectivity index (χ2n) is 7.51. The van der Waals surface area contributed by atoms with Crippen LogP contribution in [0, 0.1) is 13.8 Å². The van der Waals surface area contributed by atoms with Crippen LogP contribution in [0.2, 0.25) is 0 Å². The van der Waals surface area contributed by atoms with E-state index >= 15 is 0 Å². The Kier molecular flexibility index (Phi) is 4.42. The van der Waals surface area contributed by atoms with Crippen LogP contribution >= 0.6 is 0 Å². The van der Waals surface area contributed by atoms with Crippen LogP contribution < -0.4 is 4.74 Å². The molecule has 1 heterocycles. The van der Waals surface area contributed by atoms with Gasteiger partial charge in [-0.05, 0) is 63.6 Å². The van der Waals surface area contributed by atoms with Crippen molar-refractivity contribution in [3.63, 3.8) is 0 Å². The number of rotatable bonds is 4. The van der Waals surface area contributed by atoms with Crippen molar-refractivity contribution in [2.45, 2.75) is 40.2 Å². The zero-order valence-electron chi connectivity index (χ0n) is 15.6. The van der Waals surface area contributed by atoms with Gasteiger partial charge in [0.25, 0.3) is 0 Å². The van der Waals surface area contributed by atoms with Gasteiger partial charge in [0.05, 0.1) is 0 Å². The lowest BCUT2D eigenvalue weighted by Crippen LogP contribution is -2.24. The van der Waals surface area contributed by atoms with Crippen LogP contribution in [0.15, 0.2) is 48.5 Å². The van der Waals surface area contributed by atoms with E-state index in [0.717, 1.165) is 33.5 Å². The van der Waals surface area contributed by atoms with Crippen molar-refractivity contribution in [3.05, 3.63) is 65.5 Å². The van der Waals surface area contributed by atoms with Gasteiger partial charge < -0.3 is 9.30 Å². The molecule has 3 heteroatoms. The minimum absolute atomic E-state index is 0.0109. The van der Waals surface area contributed by atoms with Crippen molar-refractivity contribution >= 4 is 16.6 Å². The summed E-state index contributed by atoms with van der Waals surface area (Å²) in [6.07, 6.45) is 0. The van der Waals surface area contributed by atoms with E-state index in [0.29, 0.717) is 0 Å². The van der Waals surface area contributed by atoms with Crippen LogP contribution in [0.3, 0.4) is 0 Å². The average molecular weight is 335 g/mol. The zero-order valence-corrected chi connectivity index (χ0v) is 15.6. The first-order valence-electron chi connectivity index (χ1n) is 8.61. The van der Waals surface area contributed by atoms with Gasteiger partial charge in [0.1, 0.15) is 5.75 Å². The number of carbonyl (C=O) groups is 1. The SMILES string of the molecule is Cc1cc(C(=O)COc2ccc3ccccc3c2)c(C)n1C(C)(C)C. The minimum atomic E-state index is -0.0497. The number of benzene rings is 2. The maximum Gasteiger partial charge on any atom is 0.202 e. The molecule has 0 unspecified atom stereocenters. The van der Waals surface area contributed by atoms with Gasteiger partial charge in [-0.15, -0.1) is 0 Å². The molecular formula is C22H25NO2. The van der Waals surface area contributed by atoms with Crippen LogP contribution in [0.25, 0.3) is 10.8 Å². The number of hydrogen-bond donors (Lipinski definition) is 0. The van der Waals surface area contributed by atoms with E-state index in [4.69, 9.17) is 4.74 Å². The smallest absolute Gasteiger partial charge is 0.202 e. The lowest BCUT2D eigenvalue weighted by Gasteiger charge is -2.25. The molecule has 0 N–H and O–H groups in total. The molecule has 3 nitrogen and oxygen atoms in total. The van der Waals surface area contributed by atoms with E-state index in [1.54, 1.807) is 0 Å². The van der Waals surface area contributed by atoms with E-state index in [9.17, 15) is 4.79 Å². The molecule has 0 bridgehead atoms. The van der Waals surface area contributed by atoms with E-state index in [1.807, 2.05) is 56.3 Å². The minimum Gasteiger partial charge on any atom is -0.485 e. The topological polar surface area (TPSA) is 31.2 Å². The standard InChI is InChI=1S/C22H25NO2/c1-15-12-20(16(2)23(15)22(3,4)5)21(24)14-25-19-11-10-17-8-6-7-9-18(17)13-19/h6-13H,14H2,1-5H3. The van der Waals surface area contributed by atoms with Crippen molar-refractivity contribution in [2.75, 3.05) is 6.61 Å². The molecule has 0 aliphatic rings. The molecule has 3 aromatic rings. The first kappa shape index (κ1) is 17.3. The normalized spacial score (nSPS) is 11.7. The van der Waals surface area contributed by atoms with E-state index in [-0.39, 0.29) is 17.9 Å². The third kappa shape index (κ3) is 3.46. The van der Waals surface area contributed by atoms with Gasteiger partial charge in [-0.25, -0.2) is 0 Å². The lowest BCUT2D eigenvalue weighted by molar-refractivity contribution is 0.0920. The number of aromatic nitrogens is 1. The maximum absolute atomic E-state index is 12.7. The van der Waals surface area contributed by atoms with Crippen LogP contribution in [-0.4, -0.2) is 17.0 Å². The number of ketones is 1. The summed E-state index contributed by atoms with van der Waals surface area (Å²) in [4.78, 5) is 12.7. The predicted octanol–water partition coefficient (Wildman–Crippen LogP) is 5.27. The molecule has 1 aromatic heterocycles. The average Bonchev–Trinajstić information content (AvgIpc) is 2.87. The summed E-state index contributed by atoms with van der Waals surface area (Å²) >= 11 is 0. The van der Waals surface area contributed by atoms with Gasteiger partial charge in [0, 0.05) is 22.5 Å². The van der Waals surface area contributed by atoms with Gasteiger partial charge in [-0.1, -0.05) is 30.3 Å². The third-order valence-corrected chi connectivity index (χ3v) is 4.49. The van der Waals surface area contributed by atoms with Crippen LogP contribution in [0.5, 0.6) is 5.75 Å². The molecule has 130 valence electrons. The summed E-state index contributed by atoms with van der Waals surface area (Å²) in [6.45, 7) is 10.5. The maximum atomic E-state index is 12.7. The molecule has 0 amide bonds. The number of nitrogens with zero attached hydrogens (tertiary/aromatic N) is 1. The number of ether oxygens (including phenoxy) is 1. The fraction of sp³-hybridized carbons (Fsp3) is 0.318. The Bertz CT molecular complexity index is 929. The molecule has 3 rings (SSSR count). The second kappa shape index (κ2) is 6.40. The molecule has 0 radical (unpaired) electrons. The molecule has 0 atom stereocenters. The molecule has 0 saturated carbocycles. The number of fused-ring (bicyclic) bond motifs is 1. The number of hydrogen-bond acceptors (Lipinski definition) is 2. The quantitative estimate of drug-likeness (QED) is 0.608. The number of carbonyl (C=O) groups excluding carboxylic acids is 1. The van der Waals surface area contributed by atoms with Gasteiger partial charge in [-0.3, -0.25) is 4.79 Å². The fourth-order valence-corrected chi connectivity index (χ4v) is 3.56. The van der Waals surface area contributed by atoms with Gasteiger partial charge in [0.15, 0.2) is 6.61 Å². The Hall–Kier alpha value is -2.55. The van der Waals surface area contributed by atoms with Crippen molar-refractivity contribution in [1.82, 2.24) is 4.57 Å². The van der Waals surface area contributed by atoms with Crippen molar-refractivity contribution in [2.24, 2.45) is 0 Å². The first-order valence-corrected chi connectivity index (χ1v) is 8.61. The van der Waals surface area contributed by atoms with Gasteiger partial charge >= 0.3 is 0 Å². The predicted molar refractivity (Wildman–Crippen MR) is 103 cm³/mol. The molecular weight excluding hydrogens is 310 g/mol. The fourth-order valence-electron chi connectivity index (χ4n) is 3.56. The highest BCUT2D eigenvalue weighted by Gasteiger charge is 2.22. The van der Waals surface area contributed by atoms with Crippen molar-refractivity contribution in [1.29, 1.82) is 0 Å². The Labute approximate surface area is 149 Å². The number of aryl methyl sites for hydroxylation is 1. The van der Waals surface area contributed by atoms with E-state index < -0.39 is 0 Å². The monoisotopic (exact) mass is 335 g/mol. The van der Waals surface area contributed by atoms with Gasteiger partial charge in [0.2, 0.25) is 5.78 Å². The molecule has 25 heavy (non-hydrogen) atoms. The molecule has 2 aromatic carbocycles. The molecule has 0 aliphatic carbocycles. The summed E-state index contributed by atoms with van der Waals surface area (Å²) in [7, 11) is 0. The summed E-state index contributed by atoms with van der Waals surface area (Å²) in [5, 5.41) is 2.27. The van der Waals surface area contributed by atoms with Crippen LogP contribution in [0.4, 0.5) is 0 Å². The summed E-state index contributed by atoms with van der Waals surface area (Å²) in [6, 6.07) is 16.0. The molecule has 0 spiro atoms. The first-order chi connectivity index (χ1) is 11.8. The van der Waals surface area contributed by atoms with Crippen LogP contribution in [-0.2, 0) is 5.54 Å². The second-order valence-corrected chi connectivity index (χ2v) is 7.51.